The number of carbonyl (C=O) groups is 1. The molecule has 0 aliphatic rings. The lowest BCUT2D eigenvalue weighted by Crippen LogP contribution is -1.96. The van der Waals surface area contributed by atoms with Gasteiger partial charge >= 0.3 is 0 Å². The molecule has 0 fully saturated rings. The van der Waals surface area contributed by atoms with E-state index in [9.17, 15) is 9.18 Å². The van der Waals surface area contributed by atoms with E-state index >= 15 is 0 Å². The molecule has 1 heterocycles. The summed E-state index contributed by atoms with van der Waals surface area (Å²) in [6.07, 6.45) is 2.20. The van der Waals surface area contributed by atoms with Crippen LogP contribution in [0, 0.1) is 5.82 Å². The molecule has 2 rings (SSSR count). The first-order valence-electron chi connectivity index (χ1n) is 5.58. The van der Waals surface area contributed by atoms with Gasteiger partial charge in [0.1, 0.15) is 11.6 Å². The van der Waals surface area contributed by atoms with Gasteiger partial charge < -0.3 is 4.74 Å². The summed E-state index contributed by atoms with van der Waals surface area (Å²) in [6.45, 7) is 2.28. The van der Waals surface area contributed by atoms with E-state index in [1.807, 2.05) is 6.92 Å². The van der Waals surface area contributed by atoms with E-state index in [1.165, 1.54) is 18.3 Å². The van der Waals surface area contributed by atoms with Gasteiger partial charge in [-0.2, -0.15) is 0 Å². The maximum absolute atomic E-state index is 13.2. The van der Waals surface area contributed by atoms with Crippen LogP contribution in [0.1, 0.15) is 17.3 Å². The highest BCUT2D eigenvalue weighted by Crippen LogP contribution is 2.29. The van der Waals surface area contributed by atoms with Gasteiger partial charge in [0, 0.05) is 23.4 Å². The van der Waals surface area contributed by atoms with Gasteiger partial charge in [-0.3, -0.25) is 9.78 Å². The normalized spacial score (nSPS) is 10.1. The molecule has 1 aromatic heterocycles. The van der Waals surface area contributed by atoms with E-state index < -0.39 is 0 Å². The molecule has 0 aliphatic heterocycles. The Labute approximate surface area is 104 Å². The van der Waals surface area contributed by atoms with Crippen LogP contribution >= 0.6 is 0 Å². The van der Waals surface area contributed by atoms with Crippen molar-refractivity contribution in [3.63, 3.8) is 0 Å². The lowest BCUT2D eigenvalue weighted by Gasteiger charge is -2.09. The molecule has 1 aromatic carbocycles. The van der Waals surface area contributed by atoms with Gasteiger partial charge in [-0.05, 0) is 31.2 Å². The first-order chi connectivity index (χ1) is 8.74. The van der Waals surface area contributed by atoms with E-state index in [0.29, 0.717) is 29.2 Å². The predicted octanol–water partition coefficient (Wildman–Crippen LogP) is 3.10. The topological polar surface area (TPSA) is 39.2 Å². The molecule has 4 heteroatoms. The number of carbonyl (C=O) groups excluding carboxylic acids is 1. The van der Waals surface area contributed by atoms with E-state index in [1.54, 1.807) is 18.2 Å². The summed E-state index contributed by atoms with van der Waals surface area (Å²) in [5.41, 5.74) is 1.85. The average molecular weight is 245 g/mol. The van der Waals surface area contributed by atoms with Crippen LogP contribution in [0.2, 0.25) is 0 Å². The monoisotopic (exact) mass is 245 g/mol. The second kappa shape index (κ2) is 5.40. The third kappa shape index (κ3) is 2.53. The Hall–Kier alpha value is -2.23. The zero-order valence-electron chi connectivity index (χ0n) is 9.89. The van der Waals surface area contributed by atoms with Crippen LogP contribution in [0.25, 0.3) is 11.3 Å². The Bertz CT molecular complexity index is 552. The fraction of sp³-hybridized carbons (Fsp3) is 0.143. The number of benzene rings is 1. The second-order valence-corrected chi connectivity index (χ2v) is 3.67. The minimum atomic E-state index is -0.355. The van der Waals surface area contributed by atoms with Crippen LogP contribution in [0.15, 0.2) is 36.5 Å². The van der Waals surface area contributed by atoms with Gasteiger partial charge in [0.15, 0.2) is 6.29 Å². The maximum atomic E-state index is 13.2. The zero-order chi connectivity index (χ0) is 13.0. The number of halogens is 1. The molecular formula is C14H12FNO2. The van der Waals surface area contributed by atoms with E-state index in [2.05, 4.69) is 4.98 Å². The molecule has 0 aliphatic carbocycles. The van der Waals surface area contributed by atoms with Crippen LogP contribution in [-0.4, -0.2) is 17.9 Å². The summed E-state index contributed by atoms with van der Waals surface area (Å²) in [7, 11) is 0. The molecule has 0 saturated heterocycles. The van der Waals surface area contributed by atoms with Gasteiger partial charge in [0.25, 0.3) is 0 Å². The number of nitrogens with zero attached hydrogens (tertiary/aromatic N) is 1. The van der Waals surface area contributed by atoms with Crippen molar-refractivity contribution in [2.24, 2.45) is 0 Å². The highest BCUT2D eigenvalue weighted by Gasteiger charge is 2.08. The van der Waals surface area contributed by atoms with Crippen molar-refractivity contribution in [1.29, 1.82) is 0 Å². The Morgan fingerprint density at radius 2 is 2.17 bits per heavy atom. The molecule has 3 nitrogen and oxygen atoms in total. The van der Waals surface area contributed by atoms with Crippen molar-refractivity contribution >= 4 is 6.29 Å². The lowest BCUT2D eigenvalue weighted by atomic mass is 10.1. The van der Waals surface area contributed by atoms with E-state index in [-0.39, 0.29) is 5.82 Å². The standard InChI is InChI=1S/C14H12FNO2/c1-2-18-14-7-11(15)4-5-12(14)13-6-3-10(9-17)8-16-13/h3-9H,2H2,1H3. The third-order valence-corrected chi connectivity index (χ3v) is 2.44. The minimum Gasteiger partial charge on any atom is -0.493 e. The van der Waals surface area contributed by atoms with Crippen molar-refractivity contribution in [3.05, 3.63) is 47.9 Å². The first kappa shape index (κ1) is 12.2. The quantitative estimate of drug-likeness (QED) is 0.777. The number of aldehydes is 1. The maximum Gasteiger partial charge on any atom is 0.151 e. The summed E-state index contributed by atoms with van der Waals surface area (Å²) in [5.74, 6) is 0.0931. The zero-order valence-corrected chi connectivity index (χ0v) is 9.89. The Morgan fingerprint density at radius 3 is 2.78 bits per heavy atom. The van der Waals surface area contributed by atoms with Gasteiger partial charge in [0.2, 0.25) is 0 Å². The third-order valence-electron chi connectivity index (χ3n) is 2.44. The number of hydrogen-bond acceptors (Lipinski definition) is 3. The summed E-state index contributed by atoms with van der Waals surface area (Å²) >= 11 is 0. The van der Waals surface area contributed by atoms with Crippen molar-refractivity contribution in [2.75, 3.05) is 6.61 Å². The molecule has 0 N–H and O–H groups in total. The number of rotatable bonds is 4. The number of pyridine rings is 1. The highest BCUT2D eigenvalue weighted by molar-refractivity contribution is 5.76. The SMILES string of the molecule is CCOc1cc(F)ccc1-c1ccc(C=O)cn1. The summed E-state index contributed by atoms with van der Waals surface area (Å²) in [5, 5.41) is 0. The molecule has 0 atom stereocenters. The number of ether oxygens (including phenoxy) is 1. The Balaban J connectivity index is 2.44. The van der Waals surface area contributed by atoms with Crippen LogP contribution in [0.5, 0.6) is 5.75 Å². The molecule has 0 unspecified atom stereocenters. The van der Waals surface area contributed by atoms with E-state index in [4.69, 9.17) is 4.74 Å². The fourth-order valence-electron chi connectivity index (χ4n) is 1.62. The molecule has 18 heavy (non-hydrogen) atoms. The highest BCUT2D eigenvalue weighted by atomic mass is 19.1. The molecular weight excluding hydrogens is 233 g/mol. The van der Waals surface area contributed by atoms with Gasteiger partial charge in [-0.1, -0.05) is 0 Å². The molecule has 0 amide bonds. The summed E-state index contributed by atoms with van der Waals surface area (Å²) < 4.78 is 18.5. The van der Waals surface area contributed by atoms with Crippen molar-refractivity contribution < 1.29 is 13.9 Å². The molecule has 0 saturated carbocycles. The fourth-order valence-corrected chi connectivity index (χ4v) is 1.62. The second-order valence-electron chi connectivity index (χ2n) is 3.67. The van der Waals surface area contributed by atoms with Crippen LogP contribution in [0.4, 0.5) is 4.39 Å². The van der Waals surface area contributed by atoms with E-state index in [0.717, 1.165) is 6.29 Å². The first-order valence-corrected chi connectivity index (χ1v) is 5.58. The van der Waals surface area contributed by atoms with Gasteiger partial charge in [-0.15, -0.1) is 0 Å². The molecule has 0 radical (unpaired) electrons. The van der Waals surface area contributed by atoms with Crippen LogP contribution < -0.4 is 4.74 Å². The predicted molar refractivity (Wildman–Crippen MR) is 66.2 cm³/mol. The van der Waals surface area contributed by atoms with Crippen molar-refractivity contribution in [2.45, 2.75) is 6.92 Å². The Kier molecular flexibility index (Phi) is 3.67. The number of aromatic nitrogens is 1. The van der Waals surface area contributed by atoms with Crippen LogP contribution in [0.3, 0.4) is 0 Å². The molecule has 92 valence electrons. The van der Waals surface area contributed by atoms with Gasteiger partial charge in [-0.25, -0.2) is 4.39 Å². The molecule has 0 bridgehead atoms. The average Bonchev–Trinajstić information content (AvgIpc) is 2.40. The van der Waals surface area contributed by atoms with Crippen molar-refractivity contribution in [1.82, 2.24) is 4.98 Å². The lowest BCUT2D eigenvalue weighted by molar-refractivity contribution is 0.112. The number of hydrogen-bond donors (Lipinski definition) is 0. The minimum absolute atomic E-state index is 0.355. The molecule has 0 spiro atoms. The summed E-state index contributed by atoms with van der Waals surface area (Å²) in [4.78, 5) is 14.7. The largest absolute Gasteiger partial charge is 0.493 e. The summed E-state index contributed by atoms with van der Waals surface area (Å²) in [6, 6.07) is 7.67. The van der Waals surface area contributed by atoms with Gasteiger partial charge in [0.05, 0.1) is 12.3 Å². The van der Waals surface area contributed by atoms with Crippen LogP contribution in [-0.2, 0) is 0 Å². The molecule has 2 aromatic rings. The Morgan fingerprint density at radius 1 is 1.33 bits per heavy atom. The van der Waals surface area contributed by atoms with Crippen molar-refractivity contribution in [3.8, 4) is 17.0 Å². The smallest absolute Gasteiger partial charge is 0.151 e.